The first-order valence-electron chi connectivity index (χ1n) is 18.4. The zero-order chi connectivity index (χ0) is 40.6. The molecule has 2 atom stereocenters. The lowest BCUT2D eigenvalue weighted by Crippen LogP contribution is -2.57. The molecule has 5 rings (SSSR count). The topological polar surface area (TPSA) is 175 Å². The van der Waals surface area contributed by atoms with E-state index in [-0.39, 0.29) is 24.7 Å². The van der Waals surface area contributed by atoms with E-state index < -0.39 is 35.6 Å². The molecule has 1 aromatic heterocycles. The molecule has 1 unspecified atom stereocenters. The molecular formula is C43H48N6O7. The molecule has 0 bridgehead atoms. The predicted molar refractivity (Wildman–Crippen MR) is 212 cm³/mol. The first-order chi connectivity index (χ1) is 26.6. The molecule has 13 heteroatoms. The Bertz CT molecular complexity index is 2160. The fourth-order valence-corrected chi connectivity index (χ4v) is 6.31. The minimum Gasteiger partial charge on any atom is -0.483 e. The van der Waals surface area contributed by atoms with Crippen LogP contribution in [0.1, 0.15) is 79.6 Å². The van der Waals surface area contributed by atoms with Gasteiger partial charge >= 0.3 is 6.09 Å². The Morgan fingerprint density at radius 2 is 1.70 bits per heavy atom. The van der Waals surface area contributed by atoms with Gasteiger partial charge in [0.25, 0.3) is 5.91 Å². The van der Waals surface area contributed by atoms with Crippen molar-refractivity contribution in [3.8, 4) is 28.8 Å². The van der Waals surface area contributed by atoms with Crippen LogP contribution in [0.15, 0.2) is 72.9 Å². The Labute approximate surface area is 326 Å². The third-order valence-corrected chi connectivity index (χ3v) is 8.96. The van der Waals surface area contributed by atoms with Crippen LogP contribution in [-0.2, 0) is 32.6 Å². The van der Waals surface area contributed by atoms with Crippen molar-refractivity contribution in [2.45, 2.75) is 78.0 Å². The van der Waals surface area contributed by atoms with Crippen LogP contribution in [0.25, 0.3) is 11.3 Å². The number of carbonyl (C=O) groups excluding carboxylic acids is 5. The number of alkyl carbamates (subject to hydrolysis) is 1. The third kappa shape index (κ3) is 11.1. The van der Waals surface area contributed by atoms with E-state index in [1.54, 1.807) is 93.3 Å². The standard InChI is InChI=1S/C43H48N6O7/c1-27-10-21-37(55-26-38(44)51)34(23-27)39-32(25-48(6)47-39)18-11-29-14-19-33(20-15-29)45-40(52)36-9-7-8-22-49(36)41(53)35(46-42(54)56-43(3,4)5)24-30-12-16-31(17-13-30)28(2)50/h10,12-17,19-21,23,25,35-36H,7-9,22,24,26H2,1-6H3,(H2,44,51)(H,45,52)(H,46,54)/t35-,36?/m0/s1. The summed E-state index contributed by atoms with van der Waals surface area (Å²) in [7, 11) is 1.79. The van der Waals surface area contributed by atoms with Gasteiger partial charge in [-0.2, -0.15) is 5.10 Å². The number of ether oxygens (including phenoxy) is 2. The molecule has 0 spiro atoms. The smallest absolute Gasteiger partial charge is 0.408 e. The zero-order valence-corrected chi connectivity index (χ0v) is 32.6. The van der Waals surface area contributed by atoms with Gasteiger partial charge in [0, 0.05) is 48.6 Å². The molecule has 1 aliphatic rings. The van der Waals surface area contributed by atoms with Gasteiger partial charge in [0.15, 0.2) is 12.4 Å². The fourth-order valence-electron chi connectivity index (χ4n) is 6.31. The number of benzene rings is 3. The summed E-state index contributed by atoms with van der Waals surface area (Å²) < 4.78 is 12.8. The largest absolute Gasteiger partial charge is 0.483 e. The molecule has 2 heterocycles. The molecule has 1 aliphatic heterocycles. The summed E-state index contributed by atoms with van der Waals surface area (Å²) in [5.74, 6) is 5.40. The number of nitrogens with two attached hydrogens (primary N) is 1. The van der Waals surface area contributed by atoms with Crippen molar-refractivity contribution in [1.82, 2.24) is 20.0 Å². The van der Waals surface area contributed by atoms with E-state index in [2.05, 4.69) is 27.6 Å². The number of amides is 4. The second-order valence-electron chi connectivity index (χ2n) is 14.8. The van der Waals surface area contributed by atoms with E-state index in [0.717, 1.165) is 17.5 Å². The number of hydrogen-bond acceptors (Lipinski definition) is 8. The summed E-state index contributed by atoms with van der Waals surface area (Å²) in [5.41, 5.74) is 9.91. The van der Waals surface area contributed by atoms with Crippen LogP contribution < -0.4 is 21.1 Å². The maximum absolute atomic E-state index is 14.2. The van der Waals surface area contributed by atoms with Crippen LogP contribution >= 0.6 is 0 Å². The van der Waals surface area contributed by atoms with Crippen LogP contribution in [0.4, 0.5) is 10.5 Å². The summed E-state index contributed by atoms with van der Waals surface area (Å²) >= 11 is 0. The van der Waals surface area contributed by atoms with Crippen molar-refractivity contribution in [3.63, 3.8) is 0 Å². The first-order valence-corrected chi connectivity index (χ1v) is 18.4. The van der Waals surface area contributed by atoms with Crippen molar-refractivity contribution in [2.75, 3.05) is 18.5 Å². The molecule has 4 aromatic rings. The normalized spacial score (nSPS) is 14.5. The number of rotatable bonds is 11. The van der Waals surface area contributed by atoms with Gasteiger partial charge in [-0.1, -0.05) is 47.7 Å². The Balaban J connectivity index is 1.31. The average molecular weight is 761 g/mol. The lowest BCUT2D eigenvalue weighted by molar-refractivity contribution is -0.142. The Morgan fingerprint density at radius 1 is 0.982 bits per heavy atom. The summed E-state index contributed by atoms with van der Waals surface area (Å²) in [4.78, 5) is 65.6. The monoisotopic (exact) mass is 760 g/mol. The first kappa shape index (κ1) is 40.8. The van der Waals surface area contributed by atoms with E-state index in [4.69, 9.17) is 15.2 Å². The summed E-state index contributed by atoms with van der Waals surface area (Å²) in [6.07, 6.45) is 3.11. The molecule has 56 heavy (non-hydrogen) atoms. The van der Waals surface area contributed by atoms with Crippen LogP contribution in [0, 0.1) is 18.8 Å². The number of likely N-dealkylation sites (tertiary alicyclic amines) is 1. The number of Topliss-reactive ketones (excluding diaryl/α,β-unsaturated/α-hetero) is 1. The number of anilines is 1. The van der Waals surface area contributed by atoms with Gasteiger partial charge in [0.1, 0.15) is 29.1 Å². The minimum atomic E-state index is -1.01. The lowest BCUT2D eigenvalue weighted by atomic mass is 9.97. The molecule has 0 radical (unpaired) electrons. The van der Waals surface area contributed by atoms with Gasteiger partial charge in [-0.3, -0.25) is 23.9 Å². The Kier molecular flexibility index (Phi) is 13.0. The molecule has 3 aromatic carbocycles. The SMILES string of the molecule is CC(=O)c1ccc(C[C@H](NC(=O)OC(C)(C)C)C(=O)N2CCCCC2C(=O)Nc2ccc(C#Cc3cn(C)nc3-c3cc(C)ccc3OCC(N)=O)cc2)cc1. The van der Waals surface area contributed by atoms with E-state index in [1.165, 1.54) is 11.8 Å². The number of piperidine rings is 1. The number of nitrogens with one attached hydrogen (secondary N) is 2. The van der Waals surface area contributed by atoms with Gasteiger partial charge in [-0.15, -0.1) is 0 Å². The Hall–Kier alpha value is -6.42. The molecule has 292 valence electrons. The fraction of sp³-hybridized carbons (Fsp3) is 0.349. The zero-order valence-electron chi connectivity index (χ0n) is 32.6. The van der Waals surface area contributed by atoms with Gasteiger partial charge in [0.2, 0.25) is 11.8 Å². The number of primary amides is 1. The Morgan fingerprint density at radius 3 is 2.36 bits per heavy atom. The predicted octanol–water partition coefficient (Wildman–Crippen LogP) is 5.32. The van der Waals surface area contributed by atoms with Gasteiger partial charge in [-0.25, -0.2) is 4.79 Å². The van der Waals surface area contributed by atoms with Crippen LogP contribution in [0.2, 0.25) is 0 Å². The summed E-state index contributed by atoms with van der Waals surface area (Å²) in [6.45, 7) is 8.70. The maximum Gasteiger partial charge on any atom is 0.408 e. The van der Waals surface area contributed by atoms with Gasteiger partial charge < -0.3 is 30.7 Å². The van der Waals surface area contributed by atoms with Crippen molar-refractivity contribution in [2.24, 2.45) is 12.8 Å². The molecule has 1 saturated heterocycles. The van der Waals surface area contributed by atoms with Crippen LogP contribution in [-0.4, -0.2) is 75.1 Å². The lowest BCUT2D eigenvalue weighted by Gasteiger charge is -2.37. The molecule has 1 fully saturated rings. The van der Waals surface area contributed by atoms with E-state index >= 15 is 0 Å². The van der Waals surface area contributed by atoms with Gasteiger partial charge in [0.05, 0.1) is 5.56 Å². The number of aromatic nitrogens is 2. The minimum absolute atomic E-state index is 0.0805. The van der Waals surface area contributed by atoms with Crippen LogP contribution in [0.3, 0.4) is 0 Å². The highest BCUT2D eigenvalue weighted by molar-refractivity contribution is 5.98. The van der Waals surface area contributed by atoms with E-state index in [9.17, 15) is 24.0 Å². The molecule has 4 N–H and O–H groups in total. The summed E-state index contributed by atoms with van der Waals surface area (Å²) in [5, 5.41) is 10.3. The number of hydrogen-bond donors (Lipinski definition) is 3. The summed E-state index contributed by atoms with van der Waals surface area (Å²) in [6, 6.07) is 17.7. The highest BCUT2D eigenvalue weighted by Gasteiger charge is 2.37. The van der Waals surface area contributed by atoms with Gasteiger partial charge in [-0.05, 0) is 95.8 Å². The number of carbonyl (C=O) groups is 5. The molecular weight excluding hydrogens is 713 g/mol. The number of aryl methyl sites for hydroxylation is 2. The quantitative estimate of drug-likeness (QED) is 0.136. The molecule has 0 aliphatic carbocycles. The molecule has 13 nitrogen and oxygen atoms in total. The van der Waals surface area contributed by atoms with Crippen LogP contribution in [0.5, 0.6) is 5.75 Å². The van der Waals surface area contributed by atoms with Crippen molar-refractivity contribution >= 4 is 35.3 Å². The third-order valence-electron chi connectivity index (χ3n) is 8.96. The van der Waals surface area contributed by atoms with E-state index in [1.807, 2.05) is 19.1 Å². The molecule has 4 amide bonds. The number of ketones is 1. The van der Waals surface area contributed by atoms with E-state index in [0.29, 0.717) is 58.8 Å². The average Bonchev–Trinajstić information content (AvgIpc) is 3.52. The highest BCUT2D eigenvalue weighted by Crippen LogP contribution is 2.32. The second-order valence-corrected chi connectivity index (χ2v) is 14.8. The number of nitrogens with zero attached hydrogens (tertiary/aromatic N) is 3. The molecule has 0 saturated carbocycles. The second kappa shape index (κ2) is 17.8. The van der Waals surface area contributed by atoms with Crippen molar-refractivity contribution in [3.05, 3.63) is 101 Å². The van der Waals surface area contributed by atoms with Crippen molar-refractivity contribution in [1.29, 1.82) is 0 Å². The maximum atomic E-state index is 14.2. The van der Waals surface area contributed by atoms with Crippen molar-refractivity contribution < 1.29 is 33.4 Å². The highest BCUT2D eigenvalue weighted by atomic mass is 16.6.